The Bertz CT molecular complexity index is 288. The standard InChI is InChI=1S/C12H21NO4/c1-7-6-9-10(8(2)16-7)17-11-12(14-3)15-5-4-13(9)11/h7-12H,4-6H2,1-3H3/t7-,8+,9+,10-,11-,12+/m1/s1. The molecule has 6 atom stereocenters. The Labute approximate surface area is 102 Å². The third-order valence-electron chi connectivity index (χ3n) is 4.01. The van der Waals surface area contributed by atoms with Crippen LogP contribution < -0.4 is 0 Å². The van der Waals surface area contributed by atoms with Crippen LogP contribution in [0.15, 0.2) is 0 Å². The van der Waals surface area contributed by atoms with Gasteiger partial charge in [0.25, 0.3) is 0 Å². The lowest BCUT2D eigenvalue weighted by atomic mass is 9.96. The van der Waals surface area contributed by atoms with Crippen molar-refractivity contribution in [1.82, 2.24) is 4.90 Å². The summed E-state index contributed by atoms with van der Waals surface area (Å²) < 4.78 is 22.8. The van der Waals surface area contributed by atoms with Crippen LogP contribution in [0.25, 0.3) is 0 Å². The molecule has 0 bridgehead atoms. The van der Waals surface area contributed by atoms with E-state index in [1.807, 2.05) is 0 Å². The average Bonchev–Trinajstić information content (AvgIpc) is 2.68. The first kappa shape index (κ1) is 11.9. The first-order valence-electron chi connectivity index (χ1n) is 6.41. The van der Waals surface area contributed by atoms with Gasteiger partial charge in [-0.05, 0) is 20.3 Å². The van der Waals surface area contributed by atoms with E-state index in [4.69, 9.17) is 18.9 Å². The second-order valence-electron chi connectivity index (χ2n) is 5.16. The van der Waals surface area contributed by atoms with Crippen molar-refractivity contribution in [2.24, 2.45) is 0 Å². The highest BCUT2D eigenvalue weighted by Crippen LogP contribution is 2.37. The zero-order valence-corrected chi connectivity index (χ0v) is 10.7. The van der Waals surface area contributed by atoms with Crippen LogP contribution in [0.3, 0.4) is 0 Å². The molecule has 3 saturated heterocycles. The van der Waals surface area contributed by atoms with Crippen molar-refractivity contribution in [1.29, 1.82) is 0 Å². The number of morpholine rings is 1. The van der Waals surface area contributed by atoms with Crippen molar-refractivity contribution in [2.75, 3.05) is 20.3 Å². The molecule has 0 unspecified atom stereocenters. The van der Waals surface area contributed by atoms with Crippen LogP contribution in [0.4, 0.5) is 0 Å². The molecule has 3 aliphatic rings. The summed E-state index contributed by atoms with van der Waals surface area (Å²) in [7, 11) is 1.67. The molecule has 0 N–H and O–H groups in total. The minimum Gasteiger partial charge on any atom is -0.373 e. The summed E-state index contributed by atoms with van der Waals surface area (Å²) in [6.45, 7) is 5.86. The number of fused-ring (bicyclic) bond motifs is 3. The molecule has 0 radical (unpaired) electrons. The fourth-order valence-electron chi connectivity index (χ4n) is 3.29. The van der Waals surface area contributed by atoms with Crippen molar-refractivity contribution in [3.05, 3.63) is 0 Å². The number of hydrogen-bond donors (Lipinski definition) is 0. The molecule has 0 aromatic carbocycles. The minimum absolute atomic E-state index is 0.0694. The number of nitrogens with zero attached hydrogens (tertiary/aromatic N) is 1. The lowest BCUT2D eigenvalue weighted by molar-refractivity contribution is -0.246. The summed E-state index contributed by atoms with van der Waals surface area (Å²) in [5.41, 5.74) is 0. The van der Waals surface area contributed by atoms with Crippen LogP contribution in [-0.2, 0) is 18.9 Å². The summed E-state index contributed by atoms with van der Waals surface area (Å²) in [6.07, 6.45) is 1.29. The number of ether oxygens (including phenoxy) is 4. The van der Waals surface area contributed by atoms with E-state index in [0.29, 0.717) is 18.8 Å². The molecule has 17 heavy (non-hydrogen) atoms. The largest absolute Gasteiger partial charge is 0.373 e. The van der Waals surface area contributed by atoms with Crippen LogP contribution in [0.2, 0.25) is 0 Å². The predicted octanol–water partition coefficient (Wildman–Crippen LogP) is 0.582. The van der Waals surface area contributed by atoms with E-state index in [-0.39, 0.29) is 24.7 Å². The Hall–Kier alpha value is -0.200. The molecule has 3 aliphatic heterocycles. The van der Waals surface area contributed by atoms with Gasteiger partial charge in [0.2, 0.25) is 0 Å². The van der Waals surface area contributed by atoms with Crippen LogP contribution in [0, 0.1) is 0 Å². The Morgan fingerprint density at radius 3 is 2.82 bits per heavy atom. The summed E-state index contributed by atoms with van der Waals surface area (Å²) in [6, 6.07) is 0.445. The van der Waals surface area contributed by atoms with E-state index in [1.165, 1.54) is 0 Å². The number of hydrogen-bond acceptors (Lipinski definition) is 5. The maximum absolute atomic E-state index is 6.08. The molecule has 0 spiro atoms. The molecule has 0 saturated carbocycles. The zero-order chi connectivity index (χ0) is 12.0. The van der Waals surface area contributed by atoms with Crippen LogP contribution in [-0.4, -0.2) is 62.0 Å². The van der Waals surface area contributed by atoms with Crippen LogP contribution >= 0.6 is 0 Å². The smallest absolute Gasteiger partial charge is 0.197 e. The molecule has 98 valence electrons. The quantitative estimate of drug-likeness (QED) is 0.674. The van der Waals surface area contributed by atoms with Gasteiger partial charge in [0, 0.05) is 19.7 Å². The molecule has 5 nitrogen and oxygen atoms in total. The maximum Gasteiger partial charge on any atom is 0.197 e. The lowest BCUT2D eigenvalue weighted by Gasteiger charge is -2.39. The summed E-state index contributed by atoms with van der Waals surface area (Å²) in [5, 5.41) is 0. The summed E-state index contributed by atoms with van der Waals surface area (Å²) in [4.78, 5) is 2.39. The van der Waals surface area contributed by atoms with Crippen molar-refractivity contribution in [3.63, 3.8) is 0 Å². The minimum atomic E-state index is -0.267. The predicted molar refractivity (Wildman–Crippen MR) is 60.5 cm³/mol. The maximum atomic E-state index is 6.08. The molecule has 0 aliphatic carbocycles. The molecule has 0 amide bonds. The third kappa shape index (κ3) is 1.90. The second-order valence-corrected chi connectivity index (χ2v) is 5.16. The topological polar surface area (TPSA) is 40.2 Å². The van der Waals surface area contributed by atoms with Gasteiger partial charge < -0.3 is 18.9 Å². The van der Waals surface area contributed by atoms with E-state index in [2.05, 4.69) is 18.7 Å². The van der Waals surface area contributed by atoms with Crippen molar-refractivity contribution in [3.8, 4) is 0 Å². The molecule has 3 fully saturated rings. The fourth-order valence-corrected chi connectivity index (χ4v) is 3.29. The SMILES string of the molecule is CO[C@H]1OCCN2[C@@H]1O[C@@H]1[C@H](C)O[C@H](C)C[C@@H]12. The summed E-state index contributed by atoms with van der Waals surface area (Å²) in [5.74, 6) is 0. The monoisotopic (exact) mass is 243 g/mol. The van der Waals surface area contributed by atoms with Gasteiger partial charge in [0.1, 0.15) is 6.10 Å². The van der Waals surface area contributed by atoms with E-state index in [1.54, 1.807) is 7.11 Å². The third-order valence-corrected chi connectivity index (χ3v) is 4.01. The van der Waals surface area contributed by atoms with Crippen LogP contribution in [0.5, 0.6) is 0 Å². The molecule has 0 aromatic heterocycles. The first-order valence-corrected chi connectivity index (χ1v) is 6.41. The van der Waals surface area contributed by atoms with Crippen molar-refractivity contribution in [2.45, 2.75) is 57.1 Å². The lowest BCUT2D eigenvalue weighted by Crippen LogP contribution is -2.54. The van der Waals surface area contributed by atoms with Gasteiger partial charge in [-0.15, -0.1) is 0 Å². The van der Waals surface area contributed by atoms with Crippen molar-refractivity contribution >= 4 is 0 Å². The second kappa shape index (κ2) is 4.48. The molecule has 3 rings (SSSR count). The Morgan fingerprint density at radius 2 is 2.06 bits per heavy atom. The highest BCUT2D eigenvalue weighted by molar-refractivity contribution is 4.98. The molecule has 0 aromatic rings. The average molecular weight is 243 g/mol. The van der Waals surface area contributed by atoms with Crippen molar-refractivity contribution < 1.29 is 18.9 Å². The zero-order valence-electron chi connectivity index (χ0n) is 10.7. The van der Waals surface area contributed by atoms with E-state index in [9.17, 15) is 0 Å². The number of rotatable bonds is 1. The van der Waals surface area contributed by atoms with Gasteiger partial charge in [0.05, 0.1) is 18.8 Å². The van der Waals surface area contributed by atoms with Gasteiger partial charge in [0.15, 0.2) is 12.5 Å². The Balaban J connectivity index is 1.80. The van der Waals surface area contributed by atoms with Crippen LogP contribution in [0.1, 0.15) is 20.3 Å². The fraction of sp³-hybridized carbons (Fsp3) is 1.00. The molecule has 3 heterocycles. The summed E-state index contributed by atoms with van der Waals surface area (Å²) >= 11 is 0. The van der Waals surface area contributed by atoms with E-state index < -0.39 is 0 Å². The van der Waals surface area contributed by atoms with Gasteiger partial charge in [-0.25, -0.2) is 0 Å². The van der Waals surface area contributed by atoms with E-state index in [0.717, 1.165) is 13.0 Å². The van der Waals surface area contributed by atoms with Gasteiger partial charge in [-0.2, -0.15) is 0 Å². The molecular weight excluding hydrogens is 222 g/mol. The first-order chi connectivity index (χ1) is 8.20. The molecule has 5 heteroatoms. The highest BCUT2D eigenvalue weighted by Gasteiger charge is 2.52. The Morgan fingerprint density at radius 1 is 1.24 bits per heavy atom. The normalized spacial score (nSPS) is 51.0. The Kier molecular flexibility index (Phi) is 3.13. The molecular formula is C12H21NO4. The highest BCUT2D eigenvalue weighted by atomic mass is 16.7. The van der Waals surface area contributed by atoms with Gasteiger partial charge >= 0.3 is 0 Å². The van der Waals surface area contributed by atoms with E-state index >= 15 is 0 Å². The van der Waals surface area contributed by atoms with Gasteiger partial charge in [-0.3, -0.25) is 4.90 Å². The van der Waals surface area contributed by atoms with Gasteiger partial charge in [-0.1, -0.05) is 0 Å². The number of methoxy groups -OCH3 is 1.